The van der Waals surface area contributed by atoms with Gasteiger partial charge in [-0.15, -0.1) is 0 Å². The summed E-state index contributed by atoms with van der Waals surface area (Å²) < 4.78 is 0. The number of carbonyl (C=O) groups excluding carboxylic acids is 6. The number of rotatable bonds is 15. The molecule has 0 saturated carbocycles. The van der Waals surface area contributed by atoms with Gasteiger partial charge in [-0.25, -0.2) is 0 Å². The summed E-state index contributed by atoms with van der Waals surface area (Å²) in [6.45, 7) is 8.28. The molecule has 0 radical (unpaired) electrons. The van der Waals surface area contributed by atoms with Crippen molar-refractivity contribution in [1.82, 2.24) is 21.3 Å². The Balaban J connectivity index is 1.62. The molecular formula is C36H45N5O6. The number of nitrogens with one attached hydrogen (secondary N) is 4. The Morgan fingerprint density at radius 3 is 2.02 bits per heavy atom. The van der Waals surface area contributed by atoms with Crippen LogP contribution in [0.3, 0.4) is 0 Å². The number of nitrogens with two attached hydrogens (primary N) is 1. The molecule has 0 aliphatic heterocycles. The molecule has 3 rings (SSSR count). The van der Waals surface area contributed by atoms with Crippen LogP contribution in [-0.2, 0) is 41.6 Å². The van der Waals surface area contributed by atoms with Crippen molar-refractivity contribution in [3.63, 3.8) is 0 Å². The van der Waals surface area contributed by atoms with Gasteiger partial charge in [-0.05, 0) is 33.2 Å². The summed E-state index contributed by atoms with van der Waals surface area (Å²) in [5.74, 6) is -4.89. The number of fused-ring (bicyclic) bond motifs is 1. The highest BCUT2D eigenvalue weighted by Crippen LogP contribution is 2.21. The monoisotopic (exact) mass is 643 g/mol. The first-order valence-electron chi connectivity index (χ1n) is 15.7. The van der Waals surface area contributed by atoms with E-state index < -0.39 is 65.4 Å². The lowest BCUT2D eigenvalue weighted by Gasteiger charge is -2.32. The summed E-state index contributed by atoms with van der Waals surface area (Å²) in [7, 11) is 0. The first kappa shape index (κ1) is 36.4. The fourth-order valence-corrected chi connectivity index (χ4v) is 5.07. The van der Waals surface area contributed by atoms with E-state index in [-0.39, 0.29) is 18.7 Å². The number of amides is 5. The summed E-state index contributed by atoms with van der Waals surface area (Å²) in [5.41, 5.74) is 6.39. The van der Waals surface area contributed by atoms with Crippen molar-refractivity contribution >= 4 is 46.1 Å². The summed E-state index contributed by atoms with van der Waals surface area (Å²) in [6.07, 6.45) is 0.662. The minimum Gasteiger partial charge on any atom is -0.368 e. The van der Waals surface area contributed by atoms with Crippen LogP contribution in [0.1, 0.15) is 52.2 Å². The van der Waals surface area contributed by atoms with Crippen molar-refractivity contribution in [2.75, 3.05) is 6.54 Å². The average Bonchev–Trinajstić information content (AvgIpc) is 3.03. The summed E-state index contributed by atoms with van der Waals surface area (Å²) in [4.78, 5) is 77.4. The Morgan fingerprint density at radius 2 is 1.40 bits per heavy atom. The molecule has 0 bridgehead atoms. The number of primary amides is 1. The van der Waals surface area contributed by atoms with E-state index in [1.165, 1.54) is 0 Å². The van der Waals surface area contributed by atoms with Crippen LogP contribution >= 0.6 is 0 Å². The molecule has 0 heterocycles. The molecule has 0 aliphatic rings. The second kappa shape index (κ2) is 16.5. The fraction of sp³-hybridized carbons (Fsp3) is 0.389. The molecule has 11 heteroatoms. The Kier molecular flexibility index (Phi) is 12.8. The molecule has 250 valence electrons. The summed E-state index contributed by atoms with van der Waals surface area (Å²) in [5, 5.41) is 12.3. The molecule has 0 aromatic heterocycles. The normalized spacial score (nSPS) is 13.8. The highest BCUT2D eigenvalue weighted by Gasteiger charge is 2.37. The number of hydrogen-bond acceptors (Lipinski definition) is 6. The second-order valence-corrected chi connectivity index (χ2v) is 12.9. The van der Waals surface area contributed by atoms with E-state index >= 15 is 0 Å². The molecule has 3 aromatic rings. The number of carbonyl (C=O) groups is 6. The van der Waals surface area contributed by atoms with E-state index in [1.54, 1.807) is 39.8 Å². The topological polar surface area (TPSA) is 177 Å². The van der Waals surface area contributed by atoms with Crippen LogP contribution in [0.5, 0.6) is 0 Å². The third kappa shape index (κ3) is 10.8. The maximum Gasteiger partial charge on any atom is 0.290 e. The van der Waals surface area contributed by atoms with Crippen molar-refractivity contribution in [3.8, 4) is 0 Å². The lowest BCUT2D eigenvalue weighted by Crippen LogP contribution is -2.59. The molecule has 0 spiro atoms. The van der Waals surface area contributed by atoms with E-state index in [2.05, 4.69) is 21.3 Å². The maximum atomic E-state index is 13.5. The SMILES string of the molecule is CC[C@H](C)C(NC(=O)[C@@H](NC(=O)Cc1ccccc1)C(C)(C)C)C(=O)C(=O)NCC(=O)N[C@@H](Cc1ccc2ccccc2c1)C(N)=O. The van der Waals surface area contributed by atoms with Gasteiger partial charge in [0.2, 0.25) is 29.4 Å². The van der Waals surface area contributed by atoms with Crippen LogP contribution < -0.4 is 27.0 Å². The van der Waals surface area contributed by atoms with E-state index in [1.807, 2.05) is 67.6 Å². The Labute approximate surface area is 275 Å². The molecule has 47 heavy (non-hydrogen) atoms. The van der Waals surface area contributed by atoms with E-state index in [0.29, 0.717) is 6.42 Å². The van der Waals surface area contributed by atoms with E-state index in [0.717, 1.165) is 21.9 Å². The third-order valence-corrected chi connectivity index (χ3v) is 8.00. The van der Waals surface area contributed by atoms with Crippen molar-refractivity contribution in [2.45, 2.75) is 72.0 Å². The highest BCUT2D eigenvalue weighted by molar-refractivity contribution is 6.38. The number of benzene rings is 3. The summed E-state index contributed by atoms with van der Waals surface area (Å²) in [6, 6.07) is 19.2. The summed E-state index contributed by atoms with van der Waals surface area (Å²) >= 11 is 0. The zero-order valence-corrected chi connectivity index (χ0v) is 27.6. The van der Waals surface area contributed by atoms with Crippen LogP contribution in [-0.4, -0.2) is 60.0 Å². The van der Waals surface area contributed by atoms with Crippen LogP contribution in [0.4, 0.5) is 0 Å². The zero-order valence-electron chi connectivity index (χ0n) is 27.6. The Bertz CT molecular complexity index is 1600. The van der Waals surface area contributed by atoms with Gasteiger partial charge in [0.15, 0.2) is 0 Å². The standard InChI is InChI=1S/C36H45N5O6/c1-6-22(2)30(41-35(47)32(36(3,4)5)40-28(42)20-23-12-8-7-9-13-23)31(44)34(46)38-21-29(43)39-27(33(37)45)19-24-16-17-25-14-10-11-15-26(25)18-24/h7-18,22,27,30,32H,6,19-21H2,1-5H3,(H2,37,45)(H,38,46)(H,39,43)(H,40,42)(H,41,47)/t22-,27-,30?,32+/m0/s1. The van der Waals surface area contributed by atoms with Crippen LogP contribution in [0.2, 0.25) is 0 Å². The van der Waals surface area contributed by atoms with Gasteiger partial charge in [0.25, 0.3) is 5.91 Å². The molecule has 6 N–H and O–H groups in total. The van der Waals surface area contributed by atoms with Gasteiger partial charge in [-0.2, -0.15) is 0 Å². The molecule has 4 atom stereocenters. The van der Waals surface area contributed by atoms with Crippen LogP contribution in [0.15, 0.2) is 72.8 Å². The van der Waals surface area contributed by atoms with Crippen molar-refractivity contribution in [1.29, 1.82) is 0 Å². The molecule has 3 aromatic carbocycles. The smallest absolute Gasteiger partial charge is 0.290 e. The Morgan fingerprint density at radius 1 is 0.766 bits per heavy atom. The lowest BCUT2D eigenvalue weighted by molar-refractivity contribution is -0.142. The number of ketones is 1. The third-order valence-electron chi connectivity index (χ3n) is 8.00. The van der Waals surface area contributed by atoms with Crippen molar-refractivity contribution < 1.29 is 28.8 Å². The zero-order chi connectivity index (χ0) is 34.7. The quantitative estimate of drug-likeness (QED) is 0.159. The van der Waals surface area contributed by atoms with Crippen molar-refractivity contribution in [3.05, 3.63) is 83.9 Å². The molecular weight excluding hydrogens is 598 g/mol. The Hall–Kier alpha value is -5.06. The molecule has 0 saturated heterocycles. The minimum absolute atomic E-state index is 0.0672. The van der Waals surface area contributed by atoms with E-state index in [4.69, 9.17) is 5.73 Å². The van der Waals surface area contributed by atoms with Gasteiger partial charge in [0.1, 0.15) is 12.1 Å². The van der Waals surface area contributed by atoms with Crippen molar-refractivity contribution in [2.24, 2.45) is 17.1 Å². The van der Waals surface area contributed by atoms with E-state index in [9.17, 15) is 28.8 Å². The first-order chi connectivity index (χ1) is 22.2. The largest absolute Gasteiger partial charge is 0.368 e. The lowest BCUT2D eigenvalue weighted by atomic mass is 9.85. The van der Waals surface area contributed by atoms with Gasteiger partial charge in [0.05, 0.1) is 19.0 Å². The second-order valence-electron chi connectivity index (χ2n) is 12.9. The first-order valence-corrected chi connectivity index (χ1v) is 15.7. The number of hydrogen-bond donors (Lipinski definition) is 5. The fourth-order valence-electron chi connectivity index (χ4n) is 5.07. The predicted molar refractivity (Wildman–Crippen MR) is 180 cm³/mol. The predicted octanol–water partition coefficient (Wildman–Crippen LogP) is 2.34. The molecule has 1 unspecified atom stereocenters. The van der Waals surface area contributed by atoms with Crippen LogP contribution in [0, 0.1) is 11.3 Å². The van der Waals surface area contributed by atoms with Gasteiger partial charge in [-0.3, -0.25) is 28.8 Å². The van der Waals surface area contributed by atoms with Gasteiger partial charge in [0, 0.05) is 6.42 Å². The average molecular weight is 644 g/mol. The number of Topliss-reactive ketones (excluding diaryl/α,β-unsaturated/α-hetero) is 1. The maximum absolute atomic E-state index is 13.5. The van der Waals surface area contributed by atoms with Gasteiger partial charge in [-0.1, -0.05) is 114 Å². The van der Waals surface area contributed by atoms with Gasteiger partial charge < -0.3 is 27.0 Å². The molecule has 11 nitrogen and oxygen atoms in total. The molecule has 0 aliphatic carbocycles. The van der Waals surface area contributed by atoms with Gasteiger partial charge >= 0.3 is 0 Å². The molecule has 5 amide bonds. The minimum atomic E-state index is -1.21. The highest BCUT2D eigenvalue weighted by atomic mass is 16.2. The van der Waals surface area contributed by atoms with Crippen LogP contribution in [0.25, 0.3) is 10.8 Å². The molecule has 0 fully saturated rings.